The summed E-state index contributed by atoms with van der Waals surface area (Å²) < 4.78 is 4.94. The Hall–Kier alpha value is -2.11. The smallest absolute Gasteiger partial charge is 0.306 e. The molecule has 0 aliphatic carbocycles. The lowest BCUT2D eigenvalue weighted by atomic mass is 9.93. The second kappa shape index (κ2) is 8.10. The predicted molar refractivity (Wildman–Crippen MR) is 107 cm³/mol. The summed E-state index contributed by atoms with van der Waals surface area (Å²) in [6.45, 7) is 1.82. The van der Waals surface area contributed by atoms with E-state index in [9.17, 15) is 9.59 Å². The standard InChI is InChI=1S/C21H20Cl2N2O3/c22-16-3-4-17(18(23)8-16)14-2-5-19(24-9-14)15-10-25(11-15)20(26)6-1-13-7-21(27)28-12-13/h2-5,8-9,13,15H,1,6-7,10-12H2/t13-/m0/s1. The van der Waals surface area contributed by atoms with Crippen molar-refractivity contribution in [2.75, 3.05) is 19.7 Å². The molecule has 2 fully saturated rings. The number of hydrogen-bond acceptors (Lipinski definition) is 4. The van der Waals surface area contributed by atoms with Gasteiger partial charge in [0.15, 0.2) is 0 Å². The van der Waals surface area contributed by atoms with Gasteiger partial charge < -0.3 is 9.64 Å². The Labute approximate surface area is 173 Å². The van der Waals surface area contributed by atoms with Crippen molar-refractivity contribution in [3.05, 3.63) is 52.3 Å². The first-order valence-electron chi connectivity index (χ1n) is 9.34. The Bertz CT molecular complexity index is 895. The van der Waals surface area contributed by atoms with Gasteiger partial charge in [-0.05, 0) is 24.6 Å². The molecule has 1 aromatic heterocycles. The van der Waals surface area contributed by atoms with Gasteiger partial charge >= 0.3 is 5.97 Å². The number of aromatic nitrogens is 1. The molecule has 1 atom stereocenters. The second-order valence-electron chi connectivity index (χ2n) is 7.38. The van der Waals surface area contributed by atoms with Gasteiger partial charge in [0.05, 0.1) is 13.0 Å². The molecule has 3 heterocycles. The zero-order valence-electron chi connectivity index (χ0n) is 15.2. The quantitative estimate of drug-likeness (QED) is 0.678. The van der Waals surface area contributed by atoms with E-state index in [2.05, 4.69) is 4.98 Å². The predicted octanol–water partition coefficient (Wildman–Crippen LogP) is 4.32. The fraction of sp³-hybridized carbons (Fsp3) is 0.381. The first-order chi connectivity index (χ1) is 13.5. The van der Waals surface area contributed by atoms with Gasteiger partial charge in [0, 0.05) is 64.4 Å². The average Bonchev–Trinajstić information content (AvgIpc) is 3.05. The Morgan fingerprint density at radius 1 is 1.21 bits per heavy atom. The number of halogens is 2. The molecule has 2 aliphatic heterocycles. The molecule has 0 unspecified atom stereocenters. The second-order valence-corrected chi connectivity index (χ2v) is 8.23. The number of esters is 1. The summed E-state index contributed by atoms with van der Waals surface area (Å²) in [5.41, 5.74) is 2.81. The Balaban J connectivity index is 1.29. The number of nitrogens with zero attached hydrogens (tertiary/aromatic N) is 2. The van der Waals surface area contributed by atoms with Crippen molar-refractivity contribution < 1.29 is 14.3 Å². The van der Waals surface area contributed by atoms with Gasteiger partial charge in [-0.2, -0.15) is 0 Å². The van der Waals surface area contributed by atoms with Gasteiger partial charge in [-0.3, -0.25) is 14.6 Å². The maximum atomic E-state index is 12.3. The van der Waals surface area contributed by atoms with Crippen molar-refractivity contribution in [1.82, 2.24) is 9.88 Å². The van der Waals surface area contributed by atoms with E-state index in [1.807, 2.05) is 29.3 Å². The summed E-state index contributed by atoms with van der Waals surface area (Å²) in [6, 6.07) is 9.40. The molecule has 2 saturated heterocycles. The number of ether oxygens (including phenoxy) is 1. The number of carbonyl (C=O) groups excluding carboxylic acids is 2. The number of cyclic esters (lactones) is 1. The summed E-state index contributed by atoms with van der Waals surface area (Å²) in [5, 5.41) is 1.20. The molecule has 1 amide bonds. The molecule has 5 nitrogen and oxygen atoms in total. The molecule has 28 heavy (non-hydrogen) atoms. The van der Waals surface area contributed by atoms with Crippen LogP contribution in [0, 0.1) is 5.92 Å². The molecule has 146 valence electrons. The fourth-order valence-electron chi connectivity index (χ4n) is 3.63. The molecule has 0 spiro atoms. The highest BCUT2D eigenvalue weighted by atomic mass is 35.5. The van der Waals surface area contributed by atoms with Gasteiger partial charge in [0.2, 0.25) is 5.91 Å². The molecule has 2 aliphatic rings. The van der Waals surface area contributed by atoms with Crippen LogP contribution in [0.15, 0.2) is 36.5 Å². The maximum absolute atomic E-state index is 12.3. The topological polar surface area (TPSA) is 59.5 Å². The largest absolute Gasteiger partial charge is 0.465 e. The monoisotopic (exact) mass is 418 g/mol. The lowest BCUT2D eigenvalue weighted by Crippen LogP contribution is -2.48. The van der Waals surface area contributed by atoms with E-state index in [1.54, 1.807) is 12.1 Å². The van der Waals surface area contributed by atoms with Crippen molar-refractivity contribution in [3.8, 4) is 11.1 Å². The lowest BCUT2D eigenvalue weighted by Gasteiger charge is -2.39. The van der Waals surface area contributed by atoms with Gasteiger partial charge in [-0.25, -0.2) is 0 Å². The van der Waals surface area contributed by atoms with Crippen LogP contribution in [0.25, 0.3) is 11.1 Å². The van der Waals surface area contributed by atoms with Gasteiger partial charge in [-0.15, -0.1) is 0 Å². The third-order valence-electron chi connectivity index (χ3n) is 5.38. The summed E-state index contributed by atoms with van der Waals surface area (Å²) in [7, 11) is 0. The lowest BCUT2D eigenvalue weighted by molar-refractivity contribution is -0.138. The number of rotatable bonds is 5. The Kier molecular flexibility index (Phi) is 5.56. The minimum atomic E-state index is -0.157. The highest BCUT2D eigenvalue weighted by Gasteiger charge is 2.33. The molecule has 7 heteroatoms. The summed E-state index contributed by atoms with van der Waals surface area (Å²) >= 11 is 12.2. The number of hydrogen-bond donors (Lipinski definition) is 0. The van der Waals surface area contributed by atoms with Crippen LogP contribution in [-0.2, 0) is 14.3 Å². The van der Waals surface area contributed by atoms with Crippen molar-refractivity contribution >= 4 is 35.1 Å². The molecule has 4 rings (SSSR count). The van der Waals surface area contributed by atoms with E-state index < -0.39 is 0 Å². The van der Waals surface area contributed by atoms with Gasteiger partial charge in [-0.1, -0.05) is 35.3 Å². The third kappa shape index (κ3) is 4.15. The van der Waals surface area contributed by atoms with Crippen LogP contribution < -0.4 is 0 Å². The van der Waals surface area contributed by atoms with Crippen molar-refractivity contribution in [2.24, 2.45) is 5.92 Å². The molecular weight excluding hydrogens is 399 g/mol. The highest BCUT2D eigenvalue weighted by molar-refractivity contribution is 6.36. The van der Waals surface area contributed by atoms with Crippen LogP contribution in [0.5, 0.6) is 0 Å². The van der Waals surface area contributed by atoms with Crippen LogP contribution in [0.1, 0.15) is 30.9 Å². The molecule has 0 bridgehead atoms. The number of carbonyl (C=O) groups is 2. The van der Waals surface area contributed by atoms with Crippen molar-refractivity contribution in [1.29, 1.82) is 0 Å². The normalized spacial score (nSPS) is 19.4. The van der Waals surface area contributed by atoms with Gasteiger partial charge in [0.25, 0.3) is 0 Å². The van der Waals surface area contributed by atoms with E-state index in [4.69, 9.17) is 27.9 Å². The van der Waals surface area contributed by atoms with Crippen LogP contribution in [0.4, 0.5) is 0 Å². The van der Waals surface area contributed by atoms with Crippen molar-refractivity contribution in [2.45, 2.75) is 25.2 Å². The average molecular weight is 419 g/mol. The molecule has 0 N–H and O–H groups in total. The number of pyridine rings is 1. The molecule has 0 saturated carbocycles. The van der Waals surface area contributed by atoms with E-state index in [0.29, 0.717) is 49.0 Å². The van der Waals surface area contributed by atoms with Crippen molar-refractivity contribution in [3.63, 3.8) is 0 Å². The first kappa shape index (κ1) is 19.2. The molecule has 1 aromatic carbocycles. The van der Waals surface area contributed by atoms with Crippen LogP contribution >= 0.6 is 23.2 Å². The molecule has 2 aromatic rings. The van der Waals surface area contributed by atoms with Crippen LogP contribution in [0.2, 0.25) is 10.0 Å². The summed E-state index contributed by atoms with van der Waals surface area (Å²) in [5.74, 6) is 0.425. The SMILES string of the molecule is O=C1C[C@H](CCC(=O)N2CC(c3ccc(-c4ccc(Cl)cc4Cl)cn3)C2)CO1. The summed E-state index contributed by atoms with van der Waals surface area (Å²) in [6.07, 6.45) is 3.42. The van der Waals surface area contributed by atoms with E-state index >= 15 is 0 Å². The zero-order chi connectivity index (χ0) is 19.7. The van der Waals surface area contributed by atoms with Gasteiger partial charge in [0.1, 0.15) is 0 Å². The third-order valence-corrected chi connectivity index (χ3v) is 5.93. The van der Waals surface area contributed by atoms with Crippen LogP contribution in [0.3, 0.4) is 0 Å². The number of benzene rings is 1. The fourth-order valence-corrected chi connectivity index (χ4v) is 4.15. The van der Waals surface area contributed by atoms with Crippen LogP contribution in [-0.4, -0.2) is 41.5 Å². The zero-order valence-corrected chi connectivity index (χ0v) is 16.7. The highest BCUT2D eigenvalue weighted by Crippen LogP contribution is 2.32. The Morgan fingerprint density at radius 2 is 2.04 bits per heavy atom. The number of amides is 1. The summed E-state index contributed by atoms with van der Waals surface area (Å²) in [4.78, 5) is 29.8. The molecular formula is C21H20Cl2N2O3. The van der Waals surface area contributed by atoms with E-state index in [0.717, 1.165) is 16.8 Å². The molecule has 0 radical (unpaired) electrons. The minimum Gasteiger partial charge on any atom is -0.465 e. The van der Waals surface area contributed by atoms with E-state index in [-0.39, 0.29) is 23.7 Å². The number of likely N-dealkylation sites (tertiary alicyclic amines) is 1. The first-order valence-corrected chi connectivity index (χ1v) is 10.1. The minimum absolute atomic E-state index is 0.139. The Morgan fingerprint density at radius 3 is 2.68 bits per heavy atom. The van der Waals surface area contributed by atoms with E-state index in [1.165, 1.54) is 0 Å². The maximum Gasteiger partial charge on any atom is 0.306 e.